The van der Waals surface area contributed by atoms with E-state index >= 15 is 0 Å². The second-order valence-electron chi connectivity index (χ2n) is 13.8. The number of fused-ring (bicyclic) bond motifs is 1. The van der Waals surface area contributed by atoms with Gasteiger partial charge in [0.25, 0.3) is 0 Å². The Kier molecular flexibility index (Phi) is 10.9. The van der Waals surface area contributed by atoms with Crippen LogP contribution in [0.3, 0.4) is 0 Å². The van der Waals surface area contributed by atoms with Crippen molar-refractivity contribution in [1.82, 2.24) is 20.4 Å². The van der Waals surface area contributed by atoms with E-state index in [4.69, 9.17) is 14.2 Å². The predicted molar refractivity (Wildman–Crippen MR) is 168 cm³/mol. The standard InChI is InChI=1S/C34H45FN4O7/c1-33(2,3)29(37-32(43)45-21-22-10-8-7-9-11-22)30(41)38-17-16-25-28(38)26(44-20-23-12-14-24(35)15-13-23)19-39(25)27(40)18-36-31(42)46-34(4,5)6/h7-15,25-26,28-29H,16-21H2,1-6H3,(H,36,42)(H,37,43)/t25-,26+,28+,29-/m1/s1. The number of ether oxygens (including phenoxy) is 3. The van der Waals surface area contributed by atoms with Crippen molar-refractivity contribution in [1.29, 1.82) is 0 Å². The quantitative estimate of drug-likeness (QED) is 0.417. The van der Waals surface area contributed by atoms with E-state index in [1.165, 1.54) is 12.1 Å². The van der Waals surface area contributed by atoms with Gasteiger partial charge in [0, 0.05) is 13.1 Å². The molecule has 4 atom stereocenters. The van der Waals surface area contributed by atoms with E-state index in [0.717, 1.165) is 11.1 Å². The van der Waals surface area contributed by atoms with Crippen LogP contribution in [0.25, 0.3) is 0 Å². The van der Waals surface area contributed by atoms with Gasteiger partial charge in [-0.05, 0) is 55.9 Å². The van der Waals surface area contributed by atoms with Gasteiger partial charge in [-0.2, -0.15) is 0 Å². The highest BCUT2D eigenvalue weighted by Gasteiger charge is 2.54. The number of hydrogen-bond acceptors (Lipinski definition) is 7. The zero-order valence-electron chi connectivity index (χ0n) is 27.4. The maximum atomic E-state index is 14.2. The zero-order valence-corrected chi connectivity index (χ0v) is 27.4. The highest BCUT2D eigenvalue weighted by Crippen LogP contribution is 2.36. The summed E-state index contributed by atoms with van der Waals surface area (Å²) in [6, 6.07) is 13.4. The number of carbonyl (C=O) groups is 4. The predicted octanol–water partition coefficient (Wildman–Crippen LogP) is 4.39. The summed E-state index contributed by atoms with van der Waals surface area (Å²) in [5, 5.41) is 5.30. The van der Waals surface area contributed by atoms with E-state index in [-0.39, 0.29) is 50.0 Å². The lowest BCUT2D eigenvalue weighted by atomic mass is 9.85. The number of alkyl carbamates (subject to hydrolysis) is 2. The molecule has 2 heterocycles. The number of nitrogens with one attached hydrogen (secondary N) is 2. The van der Waals surface area contributed by atoms with E-state index in [2.05, 4.69) is 10.6 Å². The van der Waals surface area contributed by atoms with Crippen molar-refractivity contribution in [2.45, 2.75) is 91.0 Å². The summed E-state index contributed by atoms with van der Waals surface area (Å²) in [6.45, 7) is 11.2. The minimum absolute atomic E-state index is 0.0554. The Bertz CT molecular complexity index is 1370. The smallest absolute Gasteiger partial charge is 0.408 e. The summed E-state index contributed by atoms with van der Waals surface area (Å²) >= 11 is 0. The number of carbonyl (C=O) groups excluding carboxylic acids is 4. The first kappa shape index (κ1) is 34.7. The van der Waals surface area contributed by atoms with Gasteiger partial charge in [0.1, 0.15) is 30.6 Å². The molecule has 2 aromatic carbocycles. The lowest BCUT2D eigenvalue weighted by Crippen LogP contribution is -2.57. The fourth-order valence-electron chi connectivity index (χ4n) is 5.76. The zero-order chi connectivity index (χ0) is 33.6. The number of rotatable bonds is 9. The third-order valence-electron chi connectivity index (χ3n) is 7.93. The third kappa shape index (κ3) is 9.18. The minimum atomic E-state index is -0.925. The van der Waals surface area contributed by atoms with Gasteiger partial charge in [0.2, 0.25) is 11.8 Å². The SMILES string of the molecule is CC(C)(C)OC(=O)NCC(=O)N1C[C@H](OCc2ccc(F)cc2)[C@@H]2[C@H]1CCN2C(=O)[C@@H](NC(=O)OCc1ccccc1)C(C)(C)C. The van der Waals surface area contributed by atoms with Crippen LogP contribution in [0.2, 0.25) is 0 Å². The van der Waals surface area contributed by atoms with Gasteiger partial charge in [-0.15, -0.1) is 0 Å². The molecule has 2 N–H and O–H groups in total. The maximum Gasteiger partial charge on any atom is 0.408 e. The Morgan fingerprint density at radius 1 is 0.891 bits per heavy atom. The number of nitrogens with zero attached hydrogens (tertiary/aromatic N) is 2. The molecule has 0 aromatic heterocycles. The van der Waals surface area contributed by atoms with Gasteiger partial charge in [0.15, 0.2) is 0 Å². The van der Waals surface area contributed by atoms with Crippen molar-refractivity contribution >= 4 is 24.0 Å². The molecular formula is C34H45FN4O7. The van der Waals surface area contributed by atoms with Crippen LogP contribution in [0.1, 0.15) is 59.1 Å². The van der Waals surface area contributed by atoms with Crippen LogP contribution in [-0.2, 0) is 37.0 Å². The largest absolute Gasteiger partial charge is 0.445 e. The summed E-state index contributed by atoms with van der Waals surface area (Å²) in [5.41, 5.74) is 0.164. The molecule has 4 amide bonds. The Labute approximate surface area is 269 Å². The first-order valence-electron chi connectivity index (χ1n) is 15.5. The lowest BCUT2D eigenvalue weighted by Gasteiger charge is -2.36. The van der Waals surface area contributed by atoms with Crippen molar-refractivity contribution in [2.75, 3.05) is 19.6 Å². The highest BCUT2D eigenvalue weighted by atomic mass is 19.1. The number of hydrogen-bond donors (Lipinski definition) is 2. The van der Waals surface area contributed by atoms with Crippen molar-refractivity contribution < 1.29 is 37.8 Å². The normalized spacial score (nSPS) is 20.1. The van der Waals surface area contributed by atoms with E-state index < -0.39 is 41.4 Å². The van der Waals surface area contributed by atoms with E-state index in [9.17, 15) is 23.6 Å². The second kappa shape index (κ2) is 14.5. The second-order valence-corrected chi connectivity index (χ2v) is 13.8. The summed E-state index contributed by atoms with van der Waals surface area (Å²) in [6.07, 6.45) is -1.51. The van der Waals surface area contributed by atoms with Crippen molar-refractivity contribution in [3.8, 4) is 0 Å². The average molecular weight is 641 g/mol. The van der Waals surface area contributed by atoms with Gasteiger partial charge >= 0.3 is 12.2 Å². The number of halogens is 1. The molecule has 250 valence electrons. The van der Waals surface area contributed by atoms with Gasteiger partial charge in [-0.1, -0.05) is 63.2 Å². The van der Waals surface area contributed by atoms with Gasteiger partial charge in [-0.25, -0.2) is 14.0 Å². The summed E-state index contributed by atoms with van der Waals surface area (Å²) in [5.74, 6) is -1.01. The fourth-order valence-corrected chi connectivity index (χ4v) is 5.76. The molecule has 11 nitrogen and oxygen atoms in total. The number of amides is 4. The van der Waals surface area contributed by atoms with E-state index in [0.29, 0.717) is 13.0 Å². The molecule has 2 aromatic rings. The van der Waals surface area contributed by atoms with Gasteiger partial charge in [-0.3, -0.25) is 9.59 Å². The van der Waals surface area contributed by atoms with Gasteiger partial charge < -0.3 is 34.6 Å². The molecule has 2 aliphatic heterocycles. The van der Waals surface area contributed by atoms with E-state index in [1.807, 2.05) is 51.1 Å². The molecule has 12 heteroatoms. The molecule has 0 saturated carbocycles. The first-order chi connectivity index (χ1) is 21.6. The maximum absolute atomic E-state index is 14.2. The lowest BCUT2D eigenvalue weighted by molar-refractivity contribution is -0.139. The molecule has 0 bridgehead atoms. The molecule has 46 heavy (non-hydrogen) atoms. The minimum Gasteiger partial charge on any atom is -0.445 e. The van der Waals surface area contributed by atoms with Crippen molar-refractivity contribution in [3.63, 3.8) is 0 Å². The third-order valence-corrected chi connectivity index (χ3v) is 7.93. The molecule has 2 fully saturated rings. The van der Waals surface area contributed by atoms with Crippen LogP contribution >= 0.6 is 0 Å². The van der Waals surface area contributed by atoms with Crippen molar-refractivity contribution in [3.05, 3.63) is 71.5 Å². The molecule has 0 spiro atoms. The summed E-state index contributed by atoms with van der Waals surface area (Å²) in [4.78, 5) is 56.0. The van der Waals surface area contributed by atoms with Crippen LogP contribution in [-0.4, -0.2) is 83.3 Å². The van der Waals surface area contributed by atoms with Crippen LogP contribution < -0.4 is 10.6 Å². The highest BCUT2D eigenvalue weighted by molar-refractivity contribution is 5.88. The fraction of sp³-hybridized carbons (Fsp3) is 0.529. The molecular weight excluding hydrogens is 595 g/mol. The monoisotopic (exact) mass is 640 g/mol. The van der Waals surface area contributed by atoms with Crippen LogP contribution in [0.4, 0.5) is 14.0 Å². The van der Waals surface area contributed by atoms with E-state index in [1.54, 1.807) is 42.7 Å². The Morgan fingerprint density at radius 3 is 2.17 bits per heavy atom. The Morgan fingerprint density at radius 2 is 1.54 bits per heavy atom. The average Bonchev–Trinajstić information content (AvgIpc) is 3.57. The van der Waals surface area contributed by atoms with Crippen LogP contribution in [0, 0.1) is 11.2 Å². The molecule has 0 radical (unpaired) electrons. The van der Waals surface area contributed by atoms with Crippen LogP contribution in [0.5, 0.6) is 0 Å². The first-order valence-corrected chi connectivity index (χ1v) is 15.5. The molecule has 2 aliphatic rings. The number of benzene rings is 2. The van der Waals surface area contributed by atoms with Gasteiger partial charge in [0.05, 0.1) is 24.8 Å². The molecule has 4 rings (SSSR count). The van der Waals surface area contributed by atoms with Crippen LogP contribution in [0.15, 0.2) is 54.6 Å². The summed E-state index contributed by atoms with van der Waals surface area (Å²) in [7, 11) is 0. The number of likely N-dealkylation sites (tertiary alicyclic amines) is 2. The summed E-state index contributed by atoms with van der Waals surface area (Å²) < 4.78 is 30.5. The molecule has 0 aliphatic carbocycles. The molecule has 0 unspecified atom stereocenters. The Balaban J connectivity index is 1.50. The Hall–Kier alpha value is -4.19. The topological polar surface area (TPSA) is 127 Å². The van der Waals surface area contributed by atoms with Crippen molar-refractivity contribution in [2.24, 2.45) is 5.41 Å². The molecule has 2 saturated heterocycles.